The number of benzene rings is 2. The van der Waals surface area contributed by atoms with Crippen LogP contribution in [0.4, 0.5) is 5.69 Å². The highest BCUT2D eigenvalue weighted by Gasteiger charge is 2.21. The fraction of sp³-hybridized carbons (Fsp3) is 0.294. The number of halogens is 2. The van der Waals surface area contributed by atoms with Crippen molar-refractivity contribution < 1.29 is 0 Å². The number of fused-ring (bicyclic) bond motifs is 1. The summed E-state index contributed by atoms with van der Waals surface area (Å²) >= 11 is 11.7. The van der Waals surface area contributed by atoms with Gasteiger partial charge in [-0.3, -0.25) is 0 Å². The lowest BCUT2D eigenvalue weighted by Crippen LogP contribution is -2.16. The van der Waals surface area contributed by atoms with E-state index in [0.29, 0.717) is 6.04 Å². The SMILES string of the molecule is Cc1cc(NC2CCSc3ccc(Cl)cc32)cc(C)c1Br. The molecule has 1 aliphatic rings. The average Bonchev–Trinajstić information content (AvgIpc) is 2.45. The summed E-state index contributed by atoms with van der Waals surface area (Å²) in [5, 5.41) is 4.49. The van der Waals surface area contributed by atoms with Crippen LogP contribution >= 0.6 is 39.3 Å². The maximum atomic E-state index is 6.17. The van der Waals surface area contributed by atoms with Crippen molar-refractivity contribution in [3.8, 4) is 0 Å². The highest BCUT2D eigenvalue weighted by Crippen LogP contribution is 2.39. The van der Waals surface area contributed by atoms with Crippen molar-refractivity contribution in [3.05, 3.63) is 56.5 Å². The first-order valence-electron chi connectivity index (χ1n) is 7.00. The molecular weight excluding hydrogens is 366 g/mol. The molecule has 2 aromatic rings. The molecule has 0 saturated carbocycles. The van der Waals surface area contributed by atoms with Crippen molar-refractivity contribution in [3.63, 3.8) is 0 Å². The van der Waals surface area contributed by atoms with E-state index < -0.39 is 0 Å². The van der Waals surface area contributed by atoms with Gasteiger partial charge in [-0.1, -0.05) is 27.5 Å². The van der Waals surface area contributed by atoms with Crippen LogP contribution in [0.25, 0.3) is 0 Å². The molecule has 1 nitrogen and oxygen atoms in total. The Kier molecular flexibility index (Phi) is 4.53. The maximum absolute atomic E-state index is 6.17. The van der Waals surface area contributed by atoms with Crippen molar-refractivity contribution in [2.24, 2.45) is 0 Å². The van der Waals surface area contributed by atoms with Crippen LogP contribution in [0.2, 0.25) is 5.02 Å². The largest absolute Gasteiger partial charge is 0.378 e. The van der Waals surface area contributed by atoms with Crippen LogP contribution in [0.3, 0.4) is 0 Å². The Hall–Kier alpha value is -0.640. The fourth-order valence-corrected chi connectivity index (χ4v) is 4.26. The topological polar surface area (TPSA) is 12.0 Å². The molecule has 0 aromatic heterocycles. The molecule has 1 unspecified atom stereocenters. The quantitative estimate of drug-likeness (QED) is 0.647. The summed E-state index contributed by atoms with van der Waals surface area (Å²) < 4.78 is 1.19. The van der Waals surface area contributed by atoms with Crippen LogP contribution < -0.4 is 5.32 Å². The second-order valence-corrected chi connectivity index (χ2v) is 7.81. The van der Waals surface area contributed by atoms with Gasteiger partial charge in [-0.2, -0.15) is 0 Å². The second kappa shape index (κ2) is 6.23. The second-order valence-electron chi connectivity index (χ2n) is 5.44. The first kappa shape index (κ1) is 15.3. The van der Waals surface area contributed by atoms with Gasteiger partial charge in [0.1, 0.15) is 0 Å². The van der Waals surface area contributed by atoms with Gasteiger partial charge in [-0.25, -0.2) is 0 Å². The predicted molar refractivity (Wildman–Crippen MR) is 96.8 cm³/mol. The molecule has 0 radical (unpaired) electrons. The van der Waals surface area contributed by atoms with E-state index in [-0.39, 0.29) is 0 Å². The Balaban J connectivity index is 1.92. The third kappa shape index (κ3) is 3.25. The van der Waals surface area contributed by atoms with Gasteiger partial charge in [-0.05, 0) is 67.3 Å². The van der Waals surface area contributed by atoms with Crippen LogP contribution in [0, 0.1) is 13.8 Å². The van der Waals surface area contributed by atoms with E-state index in [0.717, 1.165) is 17.2 Å². The molecule has 1 heterocycles. The number of aryl methyl sites for hydroxylation is 2. The summed E-state index contributed by atoms with van der Waals surface area (Å²) in [6.45, 7) is 4.26. The molecule has 1 atom stereocenters. The summed E-state index contributed by atoms with van der Waals surface area (Å²) in [5.41, 5.74) is 5.01. The Labute approximate surface area is 143 Å². The first-order valence-corrected chi connectivity index (χ1v) is 9.16. The lowest BCUT2D eigenvalue weighted by Gasteiger charge is -2.27. The van der Waals surface area contributed by atoms with Gasteiger partial charge in [0, 0.05) is 25.8 Å². The Bertz CT molecular complexity index is 663. The van der Waals surface area contributed by atoms with Gasteiger partial charge in [0.05, 0.1) is 6.04 Å². The zero-order valence-corrected chi connectivity index (χ0v) is 15.2. The number of rotatable bonds is 2. The van der Waals surface area contributed by atoms with Gasteiger partial charge in [0.15, 0.2) is 0 Å². The summed E-state index contributed by atoms with van der Waals surface area (Å²) in [4.78, 5) is 1.34. The number of hydrogen-bond acceptors (Lipinski definition) is 2. The maximum Gasteiger partial charge on any atom is 0.0533 e. The van der Waals surface area contributed by atoms with Gasteiger partial charge in [-0.15, -0.1) is 11.8 Å². The number of hydrogen-bond donors (Lipinski definition) is 1. The predicted octanol–water partition coefficient (Wildman–Crippen LogP) is 6.37. The van der Waals surface area contributed by atoms with Crippen LogP contribution in [-0.4, -0.2) is 5.75 Å². The molecule has 110 valence electrons. The molecular formula is C17H17BrClNS. The summed E-state index contributed by atoms with van der Waals surface area (Å²) in [6.07, 6.45) is 1.12. The van der Waals surface area contributed by atoms with Crippen LogP contribution in [0.1, 0.15) is 29.2 Å². The number of thioether (sulfide) groups is 1. The third-order valence-electron chi connectivity index (χ3n) is 3.79. The highest BCUT2D eigenvalue weighted by molar-refractivity contribution is 9.10. The zero-order valence-electron chi connectivity index (χ0n) is 12.0. The van der Waals surface area contributed by atoms with Crippen LogP contribution in [0.5, 0.6) is 0 Å². The third-order valence-corrected chi connectivity index (χ3v) is 6.40. The van der Waals surface area contributed by atoms with E-state index >= 15 is 0 Å². The van der Waals surface area contributed by atoms with E-state index in [1.54, 1.807) is 0 Å². The molecule has 2 aromatic carbocycles. The van der Waals surface area contributed by atoms with Crippen LogP contribution in [0.15, 0.2) is 39.7 Å². The molecule has 21 heavy (non-hydrogen) atoms. The Morgan fingerprint density at radius 2 is 1.90 bits per heavy atom. The molecule has 0 spiro atoms. The molecule has 0 fully saturated rings. The Morgan fingerprint density at radius 3 is 2.62 bits per heavy atom. The molecule has 1 aliphatic heterocycles. The molecule has 4 heteroatoms. The van der Waals surface area contributed by atoms with Gasteiger partial charge >= 0.3 is 0 Å². The minimum absolute atomic E-state index is 0.333. The van der Waals surface area contributed by atoms with E-state index in [9.17, 15) is 0 Å². The summed E-state index contributed by atoms with van der Waals surface area (Å²) in [7, 11) is 0. The normalized spacial score (nSPS) is 17.4. The van der Waals surface area contributed by atoms with Crippen molar-refractivity contribution in [1.29, 1.82) is 0 Å². The number of nitrogens with one attached hydrogen (secondary N) is 1. The summed E-state index contributed by atoms with van der Waals surface area (Å²) in [6, 6.07) is 10.9. The van der Waals surface area contributed by atoms with Crippen molar-refractivity contribution in [2.75, 3.05) is 11.1 Å². The van der Waals surface area contributed by atoms with E-state index in [2.05, 4.69) is 59.4 Å². The zero-order chi connectivity index (χ0) is 15.0. The van der Waals surface area contributed by atoms with Crippen molar-refractivity contribution in [2.45, 2.75) is 31.2 Å². The molecule has 0 saturated heterocycles. The van der Waals surface area contributed by atoms with Crippen molar-refractivity contribution >= 4 is 45.0 Å². The lowest BCUT2D eigenvalue weighted by molar-refractivity contribution is 0.728. The lowest BCUT2D eigenvalue weighted by atomic mass is 10.0. The minimum Gasteiger partial charge on any atom is -0.378 e. The molecule has 3 rings (SSSR count). The monoisotopic (exact) mass is 381 g/mol. The first-order chi connectivity index (χ1) is 10.0. The van der Waals surface area contributed by atoms with Crippen LogP contribution in [-0.2, 0) is 0 Å². The minimum atomic E-state index is 0.333. The standard InChI is InChI=1S/C17H17BrClNS/c1-10-7-13(8-11(2)17(10)18)20-15-5-6-21-16-4-3-12(19)9-14(15)16/h3-4,7-9,15,20H,5-6H2,1-2H3. The molecule has 0 aliphatic carbocycles. The number of anilines is 1. The molecule has 0 amide bonds. The Morgan fingerprint density at radius 1 is 1.19 bits per heavy atom. The van der Waals surface area contributed by atoms with E-state index in [1.165, 1.54) is 31.7 Å². The highest BCUT2D eigenvalue weighted by atomic mass is 79.9. The molecule has 0 bridgehead atoms. The molecule has 1 N–H and O–H groups in total. The van der Waals surface area contributed by atoms with Crippen molar-refractivity contribution in [1.82, 2.24) is 0 Å². The average molecular weight is 383 g/mol. The van der Waals surface area contributed by atoms with Gasteiger partial charge in [0.25, 0.3) is 0 Å². The fourth-order valence-electron chi connectivity index (χ4n) is 2.75. The summed E-state index contributed by atoms with van der Waals surface area (Å²) in [5.74, 6) is 1.14. The van der Waals surface area contributed by atoms with Gasteiger partial charge in [0.2, 0.25) is 0 Å². The van der Waals surface area contributed by atoms with E-state index in [1.807, 2.05) is 17.8 Å². The van der Waals surface area contributed by atoms with E-state index in [4.69, 9.17) is 11.6 Å². The van der Waals surface area contributed by atoms with Gasteiger partial charge < -0.3 is 5.32 Å². The smallest absolute Gasteiger partial charge is 0.0533 e.